The summed E-state index contributed by atoms with van der Waals surface area (Å²) in [6.45, 7) is 1.82. The third-order valence-electron chi connectivity index (χ3n) is 2.00. The van der Waals surface area contributed by atoms with Gasteiger partial charge >= 0.3 is 19.5 Å². The maximum absolute atomic E-state index is 11.5. The standard InChI is InChI=1S/C9H17O7P/c1-2-5-16-17(14,15)6-7(9(12)13)3-4-8(10)11/h7H,2-6H2,1H3,(H,10,11)(H,12,13)(H,14,15). The van der Waals surface area contributed by atoms with E-state index < -0.39 is 31.6 Å². The smallest absolute Gasteiger partial charge is 0.328 e. The monoisotopic (exact) mass is 268 g/mol. The number of carboxylic acids is 2. The molecule has 3 N–H and O–H groups in total. The van der Waals surface area contributed by atoms with Crippen molar-refractivity contribution in [1.82, 2.24) is 0 Å². The zero-order valence-electron chi connectivity index (χ0n) is 9.53. The summed E-state index contributed by atoms with van der Waals surface area (Å²) in [5, 5.41) is 17.2. The lowest BCUT2D eigenvalue weighted by atomic mass is 10.1. The minimum atomic E-state index is -3.95. The normalized spacial score (nSPS) is 16.1. The molecule has 0 aromatic carbocycles. The van der Waals surface area contributed by atoms with E-state index in [1.165, 1.54) is 0 Å². The molecule has 17 heavy (non-hydrogen) atoms. The van der Waals surface area contributed by atoms with Crippen LogP contribution in [0.2, 0.25) is 0 Å². The predicted octanol–water partition coefficient (Wildman–Crippen LogP) is 1.16. The van der Waals surface area contributed by atoms with Crippen LogP contribution >= 0.6 is 7.60 Å². The molecule has 0 amide bonds. The topological polar surface area (TPSA) is 121 Å². The van der Waals surface area contributed by atoms with Crippen LogP contribution in [0.5, 0.6) is 0 Å². The number of carbonyl (C=O) groups is 2. The largest absolute Gasteiger partial charge is 0.481 e. The lowest BCUT2D eigenvalue weighted by molar-refractivity contribution is -0.142. The lowest BCUT2D eigenvalue weighted by Gasteiger charge is -2.16. The summed E-state index contributed by atoms with van der Waals surface area (Å²) >= 11 is 0. The zero-order chi connectivity index (χ0) is 13.5. The first-order valence-corrected chi connectivity index (χ1v) is 6.95. The van der Waals surface area contributed by atoms with E-state index in [0.29, 0.717) is 6.42 Å². The Morgan fingerprint density at radius 1 is 1.35 bits per heavy atom. The molecule has 0 spiro atoms. The van der Waals surface area contributed by atoms with Crippen molar-refractivity contribution in [2.75, 3.05) is 12.8 Å². The summed E-state index contributed by atoms with van der Waals surface area (Å²) in [5.74, 6) is -3.61. The Labute approximate surface area is 98.9 Å². The van der Waals surface area contributed by atoms with Gasteiger partial charge in [0.1, 0.15) is 0 Å². The minimum Gasteiger partial charge on any atom is -0.481 e. The highest BCUT2D eigenvalue weighted by atomic mass is 31.2. The van der Waals surface area contributed by atoms with Crippen molar-refractivity contribution in [2.45, 2.75) is 26.2 Å². The second-order valence-corrected chi connectivity index (χ2v) is 5.52. The van der Waals surface area contributed by atoms with Gasteiger partial charge in [-0.25, -0.2) is 0 Å². The fourth-order valence-electron chi connectivity index (χ4n) is 1.16. The molecule has 0 aliphatic rings. The van der Waals surface area contributed by atoms with E-state index >= 15 is 0 Å². The van der Waals surface area contributed by atoms with Gasteiger partial charge in [0.25, 0.3) is 0 Å². The Bertz CT molecular complexity index is 314. The summed E-state index contributed by atoms with van der Waals surface area (Å²) in [7, 11) is -3.95. The summed E-state index contributed by atoms with van der Waals surface area (Å²) in [4.78, 5) is 30.4. The molecule has 0 aromatic heterocycles. The molecule has 2 unspecified atom stereocenters. The Morgan fingerprint density at radius 2 is 1.94 bits per heavy atom. The van der Waals surface area contributed by atoms with Crippen LogP contribution in [0.3, 0.4) is 0 Å². The molecule has 0 aliphatic heterocycles. The van der Waals surface area contributed by atoms with E-state index in [1.807, 2.05) is 0 Å². The van der Waals surface area contributed by atoms with Crippen molar-refractivity contribution in [3.8, 4) is 0 Å². The molecule has 0 fully saturated rings. The molecule has 0 aromatic rings. The maximum Gasteiger partial charge on any atom is 0.328 e. The first-order chi connectivity index (χ1) is 7.78. The fraction of sp³-hybridized carbons (Fsp3) is 0.778. The van der Waals surface area contributed by atoms with E-state index in [0.717, 1.165) is 0 Å². The van der Waals surface area contributed by atoms with Crippen LogP contribution in [0.4, 0.5) is 0 Å². The highest BCUT2D eigenvalue weighted by Gasteiger charge is 2.30. The van der Waals surface area contributed by atoms with Gasteiger partial charge in [0.05, 0.1) is 18.7 Å². The van der Waals surface area contributed by atoms with Crippen LogP contribution in [0.15, 0.2) is 0 Å². The van der Waals surface area contributed by atoms with Gasteiger partial charge in [-0.15, -0.1) is 0 Å². The van der Waals surface area contributed by atoms with Crippen molar-refractivity contribution in [3.05, 3.63) is 0 Å². The highest BCUT2D eigenvalue weighted by Crippen LogP contribution is 2.44. The molecule has 7 nitrogen and oxygen atoms in total. The molecule has 8 heteroatoms. The van der Waals surface area contributed by atoms with Crippen molar-refractivity contribution < 1.29 is 33.8 Å². The van der Waals surface area contributed by atoms with Crippen LogP contribution in [0.1, 0.15) is 26.2 Å². The third-order valence-corrected chi connectivity index (χ3v) is 3.49. The van der Waals surface area contributed by atoms with Gasteiger partial charge in [-0.2, -0.15) is 0 Å². The molecular formula is C9H17O7P. The Kier molecular flexibility index (Phi) is 7.03. The number of hydrogen-bond donors (Lipinski definition) is 3. The highest BCUT2D eigenvalue weighted by molar-refractivity contribution is 7.52. The average Bonchev–Trinajstić information content (AvgIpc) is 2.20. The number of hydrogen-bond acceptors (Lipinski definition) is 4. The van der Waals surface area contributed by atoms with Gasteiger partial charge in [0.15, 0.2) is 0 Å². The fourth-order valence-corrected chi connectivity index (χ4v) is 2.62. The molecule has 0 bridgehead atoms. The average molecular weight is 268 g/mol. The number of carboxylic acid groups (broad SMARTS) is 2. The van der Waals surface area contributed by atoms with Crippen molar-refractivity contribution >= 4 is 19.5 Å². The van der Waals surface area contributed by atoms with Crippen molar-refractivity contribution in [1.29, 1.82) is 0 Å². The number of aliphatic carboxylic acids is 2. The third kappa shape index (κ3) is 7.90. The van der Waals surface area contributed by atoms with E-state index in [2.05, 4.69) is 4.52 Å². The molecule has 0 rings (SSSR count). The van der Waals surface area contributed by atoms with Crippen LogP contribution in [0, 0.1) is 5.92 Å². The van der Waals surface area contributed by atoms with Crippen molar-refractivity contribution in [2.24, 2.45) is 5.92 Å². The van der Waals surface area contributed by atoms with Gasteiger partial charge in [-0.05, 0) is 12.8 Å². The van der Waals surface area contributed by atoms with E-state index in [4.69, 9.17) is 10.2 Å². The first-order valence-electron chi connectivity index (χ1n) is 5.19. The maximum atomic E-state index is 11.5. The summed E-state index contributed by atoms with van der Waals surface area (Å²) in [6, 6.07) is 0. The van der Waals surface area contributed by atoms with E-state index in [-0.39, 0.29) is 19.4 Å². The molecule has 0 saturated heterocycles. The zero-order valence-corrected chi connectivity index (χ0v) is 10.4. The summed E-state index contributed by atoms with van der Waals surface area (Å²) in [5.41, 5.74) is 0. The van der Waals surface area contributed by atoms with Crippen LogP contribution in [-0.2, 0) is 18.7 Å². The van der Waals surface area contributed by atoms with E-state index in [9.17, 15) is 19.0 Å². The second-order valence-electron chi connectivity index (χ2n) is 3.62. The second kappa shape index (κ2) is 7.42. The minimum absolute atomic E-state index is 0.0685. The van der Waals surface area contributed by atoms with Gasteiger partial charge in [-0.3, -0.25) is 14.2 Å². The molecule has 0 aliphatic carbocycles. The van der Waals surface area contributed by atoms with Gasteiger partial charge in [0.2, 0.25) is 0 Å². The number of rotatable bonds is 9. The summed E-state index contributed by atoms with van der Waals surface area (Å²) in [6.07, 6.45) is -0.567. The quantitative estimate of drug-likeness (QED) is 0.536. The van der Waals surface area contributed by atoms with E-state index in [1.54, 1.807) is 6.92 Å². The lowest BCUT2D eigenvalue weighted by Crippen LogP contribution is -2.20. The Balaban J connectivity index is 4.37. The molecule has 2 atom stereocenters. The van der Waals surface area contributed by atoms with Crippen LogP contribution in [0.25, 0.3) is 0 Å². The van der Waals surface area contributed by atoms with Crippen molar-refractivity contribution in [3.63, 3.8) is 0 Å². The van der Waals surface area contributed by atoms with Crippen LogP contribution in [-0.4, -0.2) is 39.8 Å². The Morgan fingerprint density at radius 3 is 2.35 bits per heavy atom. The summed E-state index contributed by atoms with van der Waals surface area (Å²) < 4.78 is 16.1. The van der Waals surface area contributed by atoms with Gasteiger partial charge < -0.3 is 19.6 Å². The van der Waals surface area contributed by atoms with Gasteiger partial charge in [0, 0.05) is 6.42 Å². The molecular weight excluding hydrogens is 251 g/mol. The SMILES string of the molecule is CCCOP(=O)(O)CC(CCC(=O)O)C(=O)O. The van der Waals surface area contributed by atoms with Gasteiger partial charge in [-0.1, -0.05) is 6.92 Å². The molecule has 0 radical (unpaired) electrons. The Hall–Kier alpha value is -0.910. The molecule has 100 valence electrons. The first kappa shape index (κ1) is 16.1. The predicted molar refractivity (Wildman–Crippen MR) is 58.9 cm³/mol. The van der Waals surface area contributed by atoms with Crippen LogP contribution < -0.4 is 0 Å². The molecule has 0 saturated carbocycles. The molecule has 0 heterocycles.